The molecule has 0 aromatic heterocycles. The third-order valence-electron chi connectivity index (χ3n) is 3.75. The van der Waals surface area contributed by atoms with Crippen LogP contribution in [0.4, 0.5) is 0 Å². The SMILES string of the molecule is CCC1CCN(CC(O)COC(C)C)C(C(=O)O)C1. The number of carboxylic acid groups (broad SMARTS) is 1. The molecule has 1 fully saturated rings. The van der Waals surface area contributed by atoms with E-state index in [-0.39, 0.29) is 12.7 Å². The van der Waals surface area contributed by atoms with Crippen molar-refractivity contribution >= 4 is 5.97 Å². The summed E-state index contributed by atoms with van der Waals surface area (Å²) in [6, 6.07) is -0.465. The lowest BCUT2D eigenvalue weighted by molar-refractivity contribution is -0.146. The quantitative estimate of drug-likeness (QED) is 0.732. The second kappa shape index (κ2) is 7.82. The maximum Gasteiger partial charge on any atom is 0.320 e. The van der Waals surface area contributed by atoms with E-state index in [1.54, 1.807) is 0 Å². The predicted octanol–water partition coefficient (Wildman–Crippen LogP) is 1.35. The zero-order chi connectivity index (χ0) is 14.4. The Labute approximate surface area is 115 Å². The molecule has 0 aromatic rings. The molecule has 19 heavy (non-hydrogen) atoms. The fourth-order valence-corrected chi connectivity index (χ4v) is 2.56. The number of aliphatic carboxylic acids is 1. The van der Waals surface area contributed by atoms with Gasteiger partial charge in [-0.1, -0.05) is 13.3 Å². The molecule has 3 atom stereocenters. The van der Waals surface area contributed by atoms with Crippen LogP contribution in [0.5, 0.6) is 0 Å². The second-order valence-electron chi connectivity index (χ2n) is 5.68. The van der Waals surface area contributed by atoms with E-state index in [2.05, 4.69) is 6.92 Å². The van der Waals surface area contributed by atoms with Gasteiger partial charge in [0.2, 0.25) is 0 Å². The molecule has 1 heterocycles. The molecular formula is C14H27NO4. The van der Waals surface area contributed by atoms with Crippen molar-refractivity contribution in [1.82, 2.24) is 4.90 Å². The summed E-state index contributed by atoms with van der Waals surface area (Å²) in [6.45, 7) is 7.32. The minimum Gasteiger partial charge on any atom is -0.480 e. The molecule has 0 bridgehead atoms. The van der Waals surface area contributed by atoms with Crippen LogP contribution >= 0.6 is 0 Å². The van der Waals surface area contributed by atoms with Gasteiger partial charge < -0.3 is 14.9 Å². The Morgan fingerprint density at radius 1 is 1.47 bits per heavy atom. The van der Waals surface area contributed by atoms with Gasteiger partial charge in [-0.15, -0.1) is 0 Å². The fraction of sp³-hybridized carbons (Fsp3) is 0.929. The van der Waals surface area contributed by atoms with Crippen molar-refractivity contribution in [3.8, 4) is 0 Å². The Kier molecular flexibility index (Phi) is 6.75. The molecule has 2 N–H and O–H groups in total. The minimum absolute atomic E-state index is 0.0794. The Bertz CT molecular complexity index is 283. The van der Waals surface area contributed by atoms with Crippen LogP contribution in [-0.2, 0) is 9.53 Å². The van der Waals surface area contributed by atoms with Gasteiger partial charge in [-0.2, -0.15) is 0 Å². The second-order valence-corrected chi connectivity index (χ2v) is 5.68. The first kappa shape index (κ1) is 16.4. The van der Waals surface area contributed by atoms with Gasteiger partial charge in [0, 0.05) is 6.54 Å². The lowest BCUT2D eigenvalue weighted by Gasteiger charge is -2.37. The van der Waals surface area contributed by atoms with Crippen LogP contribution in [0.15, 0.2) is 0 Å². The summed E-state index contributed by atoms with van der Waals surface area (Å²) in [6.07, 6.45) is 2.18. The van der Waals surface area contributed by atoms with Crippen LogP contribution < -0.4 is 0 Å². The Morgan fingerprint density at radius 3 is 2.68 bits per heavy atom. The average molecular weight is 273 g/mol. The molecule has 5 nitrogen and oxygen atoms in total. The van der Waals surface area contributed by atoms with Gasteiger partial charge in [-0.05, 0) is 39.2 Å². The van der Waals surface area contributed by atoms with E-state index in [0.717, 1.165) is 19.4 Å². The first-order valence-corrected chi connectivity index (χ1v) is 7.20. The number of hydrogen-bond donors (Lipinski definition) is 2. The smallest absolute Gasteiger partial charge is 0.320 e. The fourth-order valence-electron chi connectivity index (χ4n) is 2.56. The Balaban J connectivity index is 2.48. The highest BCUT2D eigenvalue weighted by molar-refractivity contribution is 5.73. The molecule has 1 aliphatic heterocycles. The topological polar surface area (TPSA) is 70.0 Å². The summed E-state index contributed by atoms with van der Waals surface area (Å²) in [4.78, 5) is 13.2. The number of nitrogens with zero attached hydrogens (tertiary/aromatic N) is 1. The largest absolute Gasteiger partial charge is 0.480 e. The van der Waals surface area contributed by atoms with E-state index >= 15 is 0 Å². The highest BCUT2D eigenvalue weighted by atomic mass is 16.5. The summed E-state index contributed by atoms with van der Waals surface area (Å²) >= 11 is 0. The van der Waals surface area contributed by atoms with Crippen LogP contribution in [-0.4, -0.2) is 59.0 Å². The van der Waals surface area contributed by atoms with E-state index in [4.69, 9.17) is 4.74 Å². The predicted molar refractivity (Wildman–Crippen MR) is 73.1 cm³/mol. The zero-order valence-corrected chi connectivity index (χ0v) is 12.2. The molecule has 1 saturated heterocycles. The number of ether oxygens (including phenoxy) is 1. The molecular weight excluding hydrogens is 246 g/mol. The van der Waals surface area contributed by atoms with Crippen LogP contribution in [0.1, 0.15) is 40.0 Å². The molecule has 5 heteroatoms. The van der Waals surface area contributed by atoms with Gasteiger partial charge in [0.05, 0.1) is 18.8 Å². The molecule has 0 amide bonds. The van der Waals surface area contributed by atoms with E-state index < -0.39 is 18.1 Å². The van der Waals surface area contributed by atoms with Crippen molar-refractivity contribution in [2.75, 3.05) is 19.7 Å². The number of carboxylic acids is 1. The molecule has 0 saturated carbocycles. The molecule has 0 radical (unpaired) electrons. The summed E-state index contributed by atoms with van der Waals surface area (Å²) in [5.41, 5.74) is 0. The van der Waals surface area contributed by atoms with Crippen LogP contribution in [0, 0.1) is 5.92 Å². The van der Waals surface area contributed by atoms with Crippen LogP contribution in [0.2, 0.25) is 0 Å². The molecule has 0 aliphatic carbocycles. The van der Waals surface area contributed by atoms with E-state index in [9.17, 15) is 15.0 Å². The summed E-state index contributed by atoms with van der Waals surface area (Å²) < 4.78 is 5.36. The van der Waals surface area contributed by atoms with Crippen LogP contribution in [0.25, 0.3) is 0 Å². The number of aliphatic hydroxyl groups excluding tert-OH is 1. The van der Waals surface area contributed by atoms with Gasteiger partial charge in [-0.25, -0.2) is 0 Å². The third kappa shape index (κ3) is 5.47. The number of aliphatic hydroxyl groups is 1. The number of β-amino-alcohol motifs (C(OH)–C–C–N with tert-alkyl or cyclic N) is 1. The number of piperidine rings is 1. The highest BCUT2D eigenvalue weighted by Gasteiger charge is 2.33. The van der Waals surface area contributed by atoms with Gasteiger partial charge in [0.1, 0.15) is 6.04 Å². The monoisotopic (exact) mass is 273 g/mol. The Morgan fingerprint density at radius 2 is 2.16 bits per heavy atom. The number of rotatable bonds is 7. The molecule has 3 unspecified atom stereocenters. The molecule has 1 rings (SSSR count). The van der Waals surface area contributed by atoms with Crippen molar-refractivity contribution in [3.63, 3.8) is 0 Å². The highest BCUT2D eigenvalue weighted by Crippen LogP contribution is 2.25. The number of carbonyl (C=O) groups is 1. The lowest BCUT2D eigenvalue weighted by Crippen LogP contribution is -2.50. The maximum absolute atomic E-state index is 11.3. The summed E-state index contributed by atoms with van der Waals surface area (Å²) in [5.74, 6) is -0.295. The zero-order valence-electron chi connectivity index (χ0n) is 12.2. The van der Waals surface area contributed by atoms with E-state index in [0.29, 0.717) is 18.9 Å². The van der Waals surface area contributed by atoms with Crippen molar-refractivity contribution in [1.29, 1.82) is 0 Å². The molecule has 112 valence electrons. The summed E-state index contributed by atoms with van der Waals surface area (Å²) in [5, 5.41) is 19.2. The van der Waals surface area contributed by atoms with Crippen LogP contribution in [0.3, 0.4) is 0 Å². The van der Waals surface area contributed by atoms with E-state index in [1.807, 2.05) is 18.7 Å². The first-order valence-electron chi connectivity index (χ1n) is 7.20. The number of likely N-dealkylation sites (tertiary alicyclic amines) is 1. The van der Waals surface area contributed by atoms with Crippen molar-refractivity contribution < 1.29 is 19.7 Å². The van der Waals surface area contributed by atoms with Crippen molar-refractivity contribution in [3.05, 3.63) is 0 Å². The molecule has 0 aromatic carbocycles. The Hall–Kier alpha value is -0.650. The van der Waals surface area contributed by atoms with Crippen molar-refractivity contribution in [2.45, 2.75) is 58.3 Å². The summed E-state index contributed by atoms with van der Waals surface area (Å²) in [7, 11) is 0. The number of hydrogen-bond acceptors (Lipinski definition) is 4. The molecule has 1 aliphatic rings. The normalized spacial score (nSPS) is 26.6. The standard InChI is InChI=1S/C14H27NO4/c1-4-11-5-6-15(13(7-11)14(17)18)8-12(16)9-19-10(2)3/h10-13,16H,4-9H2,1-3H3,(H,17,18). The van der Waals surface area contributed by atoms with E-state index in [1.165, 1.54) is 0 Å². The minimum atomic E-state index is -0.782. The van der Waals surface area contributed by atoms with Gasteiger partial charge in [0.25, 0.3) is 0 Å². The average Bonchev–Trinajstić information content (AvgIpc) is 2.36. The maximum atomic E-state index is 11.3. The lowest BCUT2D eigenvalue weighted by atomic mass is 9.88. The third-order valence-corrected chi connectivity index (χ3v) is 3.75. The van der Waals surface area contributed by atoms with Gasteiger partial charge >= 0.3 is 5.97 Å². The van der Waals surface area contributed by atoms with Crippen molar-refractivity contribution in [2.24, 2.45) is 5.92 Å². The first-order chi connectivity index (χ1) is 8.93. The molecule has 0 spiro atoms. The van der Waals surface area contributed by atoms with Gasteiger partial charge in [-0.3, -0.25) is 9.69 Å². The van der Waals surface area contributed by atoms with Gasteiger partial charge in [0.15, 0.2) is 0 Å².